The van der Waals surface area contributed by atoms with E-state index >= 15 is 0 Å². The third kappa shape index (κ3) is 7.40. The fraction of sp³-hybridized carbons (Fsp3) is 0.531. The summed E-state index contributed by atoms with van der Waals surface area (Å²) in [7, 11) is 0. The molecule has 1 saturated heterocycles. The van der Waals surface area contributed by atoms with Gasteiger partial charge in [0, 0.05) is 68.4 Å². The zero-order chi connectivity index (χ0) is 32.8. The number of hydrogen-bond acceptors (Lipinski definition) is 11. The van der Waals surface area contributed by atoms with Crippen molar-refractivity contribution in [2.24, 2.45) is 0 Å². The summed E-state index contributed by atoms with van der Waals surface area (Å²) in [6.45, 7) is 5.22. The maximum atomic E-state index is 13.5. The standard InChI is InChI=1S/C32H42N8O6/c1-20-24-19-34-32(36-29(24)40(23-8-6-7-9-23)31(45)28(20)21(2)41)35-25-13-12-22(18-33-25)30(44)39-16-14-38(15-17-39)27(43)11-5-3-4-10-26(42)37-46/h12-13,18-19,23,30,44,46H,3-11,14-17H2,1-2H3,(H,37,42)(H,33,34,35,36). The summed E-state index contributed by atoms with van der Waals surface area (Å²) < 4.78 is 1.67. The van der Waals surface area contributed by atoms with Crippen LogP contribution in [0.5, 0.6) is 0 Å². The Morgan fingerprint density at radius 3 is 2.37 bits per heavy atom. The average Bonchev–Trinajstić information content (AvgIpc) is 3.59. The van der Waals surface area contributed by atoms with Gasteiger partial charge in [0.25, 0.3) is 5.56 Å². The highest BCUT2D eigenvalue weighted by Gasteiger charge is 2.27. The molecule has 0 aromatic carbocycles. The van der Waals surface area contributed by atoms with Crippen LogP contribution < -0.4 is 16.4 Å². The topological polar surface area (TPSA) is 183 Å². The molecule has 1 aliphatic heterocycles. The third-order valence-corrected chi connectivity index (χ3v) is 9.01. The molecule has 4 heterocycles. The second kappa shape index (κ2) is 14.9. The summed E-state index contributed by atoms with van der Waals surface area (Å²) in [6, 6.07) is 3.48. The smallest absolute Gasteiger partial charge is 0.263 e. The number of pyridine rings is 2. The van der Waals surface area contributed by atoms with Crippen LogP contribution in [0.25, 0.3) is 11.0 Å². The van der Waals surface area contributed by atoms with Crippen molar-refractivity contribution in [2.45, 2.75) is 83.9 Å². The van der Waals surface area contributed by atoms with Crippen LogP contribution in [0.15, 0.2) is 29.3 Å². The molecule has 3 aromatic heterocycles. The molecular formula is C32H42N8O6. The van der Waals surface area contributed by atoms with Crippen molar-refractivity contribution in [2.75, 3.05) is 31.5 Å². The number of aliphatic hydroxyl groups excluding tert-OH is 1. The summed E-state index contributed by atoms with van der Waals surface area (Å²) in [6.07, 6.45) is 8.74. The maximum absolute atomic E-state index is 13.5. The molecule has 0 spiro atoms. The summed E-state index contributed by atoms with van der Waals surface area (Å²) in [5.41, 5.74) is 3.17. The van der Waals surface area contributed by atoms with Crippen LogP contribution in [0.1, 0.15) is 98.5 Å². The molecule has 1 unspecified atom stereocenters. The first-order valence-electron chi connectivity index (χ1n) is 16.0. The zero-order valence-electron chi connectivity index (χ0n) is 26.4. The Balaban J connectivity index is 1.20. The second-order valence-corrected chi connectivity index (χ2v) is 12.1. The Bertz CT molecular complexity index is 1630. The van der Waals surface area contributed by atoms with Crippen molar-refractivity contribution in [3.05, 3.63) is 51.6 Å². The molecule has 14 heteroatoms. The molecule has 2 fully saturated rings. The number of aryl methyl sites for hydroxylation is 1. The fourth-order valence-electron chi connectivity index (χ4n) is 6.43. The lowest BCUT2D eigenvalue weighted by Crippen LogP contribution is -2.49. The van der Waals surface area contributed by atoms with Crippen LogP contribution in [-0.2, 0) is 9.59 Å². The van der Waals surface area contributed by atoms with Gasteiger partial charge in [0.05, 0.1) is 5.56 Å². The summed E-state index contributed by atoms with van der Waals surface area (Å²) in [5, 5.41) is 23.3. The normalized spacial score (nSPS) is 16.5. The van der Waals surface area contributed by atoms with Gasteiger partial charge in [0.1, 0.15) is 17.7 Å². The van der Waals surface area contributed by atoms with Gasteiger partial charge in [0.15, 0.2) is 5.78 Å². The molecular weight excluding hydrogens is 592 g/mol. The number of fused-ring (bicyclic) bond motifs is 1. The van der Waals surface area contributed by atoms with Crippen LogP contribution in [0.2, 0.25) is 0 Å². The predicted octanol–water partition coefficient (Wildman–Crippen LogP) is 3.15. The van der Waals surface area contributed by atoms with Gasteiger partial charge < -0.3 is 15.3 Å². The average molecular weight is 635 g/mol. The van der Waals surface area contributed by atoms with Crippen LogP contribution in [-0.4, -0.2) is 83.4 Å². The first-order valence-corrected chi connectivity index (χ1v) is 16.0. The maximum Gasteiger partial charge on any atom is 0.263 e. The van der Waals surface area contributed by atoms with E-state index in [0.29, 0.717) is 73.4 Å². The minimum atomic E-state index is -0.882. The Morgan fingerprint density at radius 2 is 1.72 bits per heavy atom. The van der Waals surface area contributed by atoms with Crippen molar-refractivity contribution in [3.63, 3.8) is 0 Å². The molecule has 3 aromatic rings. The number of rotatable bonds is 12. The number of Topliss-reactive ketones (excluding diaryl/α,β-unsaturated/α-hetero) is 1. The number of unbranched alkanes of at least 4 members (excludes halogenated alkanes) is 2. The molecule has 0 bridgehead atoms. The van der Waals surface area contributed by atoms with E-state index in [2.05, 4.69) is 15.3 Å². The van der Waals surface area contributed by atoms with Crippen LogP contribution in [0.4, 0.5) is 11.8 Å². The number of aliphatic hydroxyl groups is 1. The SMILES string of the molecule is CC(=O)c1c(C)c2cnc(Nc3ccc(C(O)N4CCN(C(=O)CCCCCC(=O)NO)CC4)cn3)nc2n(C2CCCC2)c1=O. The van der Waals surface area contributed by atoms with Crippen molar-refractivity contribution in [1.82, 2.24) is 34.8 Å². The number of hydroxylamine groups is 1. The van der Waals surface area contributed by atoms with Gasteiger partial charge >= 0.3 is 0 Å². The van der Waals surface area contributed by atoms with Crippen molar-refractivity contribution in [1.29, 1.82) is 0 Å². The van der Waals surface area contributed by atoms with Crippen molar-refractivity contribution in [3.8, 4) is 0 Å². The highest BCUT2D eigenvalue weighted by atomic mass is 16.5. The minimum absolute atomic E-state index is 0.0193. The number of nitrogens with zero attached hydrogens (tertiary/aromatic N) is 6. The van der Waals surface area contributed by atoms with Gasteiger partial charge in [-0.15, -0.1) is 0 Å². The second-order valence-electron chi connectivity index (χ2n) is 12.1. The minimum Gasteiger partial charge on any atom is -0.374 e. The van der Waals surface area contributed by atoms with E-state index in [9.17, 15) is 24.3 Å². The van der Waals surface area contributed by atoms with Gasteiger partial charge in [-0.2, -0.15) is 4.98 Å². The lowest BCUT2D eigenvalue weighted by molar-refractivity contribution is -0.135. The first-order chi connectivity index (χ1) is 22.2. The highest BCUT2D eigenvalue weighted by Crippen LogP contribution is 2.32. The monoisotopic (exact) mass is 634 g/mol. The van der Waals surface area contributed by atoms with Crippen LogP contribution >= 0.6 is 0 Å². The van der Waals surface area contributed by atoms with Crippen LogP contribution in [0.3, 0.4) is 0 Å². The van der Waals surface area contributed by atoms with E-state index in [1.54, 1.807) is 46.4 Å². The van der Waals surface area contributed by atoms with Crippen molar-refractivity contribution >= 4 is 40.4 Å². The number of piperazine rings is 1. The summed E-state index contributed by atoms with van der Waals surface area (Å²) in [4.78, 5) is 66.8. The van der Waals surface area contributed by atoms with E-state index in [0.717, 1.165) is 32.1 Å². The summed E-state index contributed by atoms with van der Waals surface area (Å²) >= 11 is 0. The molecule has 4 N–H and O–H groups in total. The molecule has 1 aliphatic carbocycles. The van der Waals surface area contributed by atoms with E-state index < -0.39 is 12.1 Å². The number of amides is 2. The first kappa shape index (κ1) is 33.1. The number of aromatic nitrogens is 4. The van der Waals surface area contributed by atoms with Gasteiger partial charge in [-0.3, -0.25) is 33.9 Å². The molecule has 2 amide bonds. The van der Waals surface area contributed by atoms with E-state index in [4.69, 9.17) is 10.2 Å². The number of nitrogens with one attached hydrogen (secondary N) is 2. The van der Waals surface area contributed by atoms with Gasteiger partial charge in [-0.1, -0.05) is 19.3 Å². The van der Waals surface area contributed by atoms with E-state index in [1.807, 2.05) is 4.90 Å². The molecule has 246 valence electrons. The van der Waals surface area contributed by atoms with Crippen LogP contribution in [0, 0.1) is 6.92 Å². The molecule has 1 atom stereocenters. The number of carbonyl (C=O) groups excluding carboxylic acids is 3. The Labute approximate surface area is 266 Å². The number of anilines is 2. The molecule has 14 nitrogen and oxygen atoms in total. The third-order valence-electron chi connectivity index (χ3n) is 9.01. The quantitative estimate of drug-likeness (QED) is 0.0994. The summed E-state index contributed by atoms with van der Waals surface area (Å²) in [5.74, 6) is 0.105. The molecule has 2 aliphatic rings. The Hall–Kier alpha value is -4.27. The molecule has 46 heavy (non-hydrogen) atoms. The molecule has 0 radical (unpaired) electrons. The number of ketones is 1. The Morgan fingerprint density at radius 1 is 1.00 bits per heavy atom. The fourth-order valence-corrected chi connectivity index (χ4v) is 6.43. The van der Waals surface area contributed by atoms with Gasteiger partial charge in [-0.05, 0) is 57.2 Å². The van der Waals surface area contributed by atoms with Crippen molar-refractivity contribution < 1.29 is 24.7 Å². The zero-order valence-corrected chi connectivity index (χ0v) is 26.4. The Kier molecular flexibility index (Phi) is 10.7. The molecule has 1 saturated carbocycles. The lowest BCUT2D eigenvalue weighted by atomic mass is 10.0. The highest BCUT2D eigenvalue weighted by molar-refractivity contribution is 5.99. The van der Waals surface area contributed by atoms with Gasteiger partial charge in [0.2, 0.25) is 17.8 Å². The number of hydrogen-bond donors (Lipinski definition) is 4. The largest absolute Gasteiger partial charge is 0.374 e. The van der Waals surface area contributed by atoms with E-state index in [-0.39, 0.29) is 41.2 Å². The van der Waals surface area contributed by atoms with Gasteiger partial charge in [-0.25, -0.2) is 15.4 Å². The van der Waals surface area contributed by atoms with E-state index in [1.165, 1.54) is 6.92 Å². The lowest BCUT2D eigenvalue weighted by Gasteiger charge is -2.37. The number of carbonyl (C=O) groups is 3. The molecule has 5 rings (SSSR count). The predicted molar refractivity (Wildman–Crippen MR) is 170 cm³/mol.